The maximum Gasteiger partial charge on any atom is 0.120 e. The summed E-state index contributed by atoms with van der Waals surface area (Å²) in [6, 6.07) is 6.72. The molecule has 4 nitrogen and oxygen atoms in total. The Hall–Kier alpha value is -0.620. The Morgan fingerprint density at radius 3 is 2.71 bits per heavy atom. The molecule has 3 N–H and O–H groups in total. The summed E-state index contributed by atoms with van der Waals surface area (Å²) < 4.78 is 1.02. The van der Waals surface area contributed by atoms with Gasteiger partial charge in [0.05, 0.1) is 0 Å². The fraction of sp³-hybridized carbons (Fsp3) is 0.625. The van der Waals surface area contributed by atoms with Gasteiger partial charge in [-0.1, -0.05) is 15.9 Å². The summed E-state index contributed by atoms with van der Waals surface area (Å²) in [5, 5.41) is 9.97. The van der Waals surface area contributed by atoms with Crippen LogP contribution in [-0.4, -0.2) is 53.2 Å². The van der Waals surface area contributed by atoms with Gasteiger partial charge in [-0.2, -0.15) is 0 Å². The Morgan fingerprint density at radius 1 is 1.19 bits per heavy atom. The normalized spacial score (nSPS) is 25.5. The zero-order valence-electron chi connectivity index (χ0n) is 12.3. The third kappa shape index (κ3) is 3.77. The summed E-state index contributed by atoms with van der Waals surface area (Å²) in [5.41, 5.74) is 6.99. The predicted molar refractivity (Wildman–Crippen MR) is 88.3 cm³/mol. The van der Waals surface area contributed by atoms with E-state index in [1.807, 2.05) is 12.1 Å². The van der Waals surface area contributed by atoms with Crippen LogP contribution in [0, 0.1) is 0 Å². The summed E-state index contributed by atoms with van der Waals surface area (Å²) in [7, 11) is 0. The Kier molecular flexibility index (Phi) is 4.84. The molecule has 0 aliphatic carbocycles. The number of piperidine rings is 1. The molecular formula is C16H24BrN3O. The zero-order chi connectivity index (χ0) is 14.8. The number of benzene rings is 1. The van der Waals surface area contributed by atoms with Crippen molar-refractivity contribution in [3.63, 3.8) is 0 Å². The zero-order valence-corrected chi connectivity index (χ0v) is 13.9. The molecule has 0 amide bonds. The van der Waals surface area contributed by atoms with Crippen molar-refractivity contribution in [3.8, 4) is 5.75 Å². The highest BCUT2D eigenvalue weighted by atomic mass is 79.9. The maximum atomic E-state index is 9.97. The van der Waals surface area contributed by atoms with E-state index in [1.54, 1.807) is 6.07 Å². The van der Waals surface area contributed by atoms with Gasteiger partial charge in [-0.25, -0.2) is 0 Å². The number of aromatic hydroxyl groups is 1. The molecule has 1 aromatic rings. The molecule has 1 atom stereocenters. The van der Waals surface area contributed by atoms with Crippen LogP contribution < -0.4 is 5.73 Å². The van der Waals surface area contributed by atoms with Gasteiger partial charge in [-0.15, -0.1) is 0 Å². The van der Waals surface area contributed by atoms with Gasteiger partial charge in [0.15, 0.2) is 0 Å². The van der Waals surface area contributed by atoms with Crippen molar-refractivity contribution in [2.45, 2.75) is 37.9 Å². The summed E-state index contributed by atoms with van der Waals surface area (Å²) in [4.78, 5) is 5.05. The first-order chi connectivity index (χ1) is 10.1. The molecule has 2 saturated heterocycles. The van der Waals surface area contributed by atoms with E-state index in [9.17, 15) is 5.11 Å². The lowest BCUT2D eigenvalue weighted by molar-refractivity contribution is 0.151. The molecule has 2 aliphatic rings. The number of rotatable bonds is 3. The van der Waals surface area contributed by atoms with E-state index >= 15 is 0 Å². The fourth-order valence-corrected chi connectivity index (χ4v) is 3.87. The molecule has 0 bridgehead atoms. The van der Waals surface area contributed by atoms with E-state index < -0.39 is 0 Å². The summed E-state index contributed by atoms with van der Waals surface area (Å²) in [6.07, 6.45) is 3.48. The minimum Gasteiger partial charge on any atom is -0.508 e. The summed E-state index contributed by atoms with van der Waals surface area (Å²) in [5.74, 6) is 0.394. The van der Waals surface area contributed by atoms with Crippen LogP contribution in [0.25, 0.3) is 0 Å². The fourth-order valence-electron chi connectivity index (χ4n) is 3.46. The minimum absolute atomic E-state index is 0.394. The highest BCUT2D eigenvalue weighted by molar-refractivity contribution is 9.10. The molecule has 0 saturated carbocycles. The molecule has 0 radical (unpaired) electrons. The molecule has 1 aromatic carbocycles. The third-order valence-corrected chi connectivity index (χ3v) is 5.27. The number of phenolic OH excluding ortho intramolecular Hbond substituents is 1. The van der Waals surface area contributed by atoms with Crippen molar-refractivity contribution in [2.75, 3.05) is 26.2 Å². The Balaban J connectivity index is 1.56. The van der Waals surface area contributed by atoms with Crippen molar-refractivity contribution < 1.29 is 5.11 Å². The molecule has 5 heteroatoms. The van der Waals surface area contributed by atoms with Gasteiger partial charge in [-0.3, -0.25) is 9.80 Å². The maximum absolute atomic E-state index is 9.97. The summed E-state index contributed by atoms with van der Waals surface area (Å²) in [6.45, 7) is 5.32. The number of likely N-dealkylation sites (tertiary alicyclic amines) is 2. The molecular weight excluding hydrogens is 330 g/mol. The van der Waals surface area contributed by atoms with Crippen molar-refractivity contribution in [1.82, 2.24) is 9.80 Å². The summed E-state index contributed by atoms with van der Waals surface area (Å²) >= 11 is 3.48. The number of phenols is 1. The minimum atomic E-state index is 0.394. The Bertz CT molecular complexity index is 488. The van der Waals surface area contributed by atoms with Crippen molar-refractivity contribution >= 4 is 15.9 Å². The van der Waals surface area contributed by atoms with Crippen LogP contribution in [0.1, 0.15) is 24.8 Å². The van der Waals surface area contributed by atoms with E-state index in [0.717, 1.165) is 55.6 Å². The Morgan fingerprint density at radius 2 is 1.95 bits per heavy atom. The standard InChI is InChI=1S/C16H24BrN3O/c17-13-1-2-16(21)12(9-13)10-19-6-5-15(11-19)20-7-3-14(18)4-8-20/h1-2,9,14-15,21H,3-8,10-11,18H2. The lowest BCUT2D eigenvalue weighted by Crippen LogP contribution is -2.46. The molecule has 3 rings (SSSR count). The third-order valence-electron chi connectivity index (χ3n) is 4.77. The number of halogens is 1. The lowest BCUT2D eigenvalue weighted by atomic mass is 10.0. The van der Waals surface area contributed by atoms with Gasteiger partial charge < -0.3 is 10.8 Å². The Labute approximate surface area is 135 Å². The van der Waals surface area contributed by atoms with E-state index in [2.05, 4.69) is 25.7 Å². The highest BCUT2D eigenvalue weighted by Gasteiger charge is 2.29. The van der Waals surface area contributed by atoms with Crippen LogP contribution in [0.15, 0.2) is 22.7 Å². The van der Waals surface area contributed by atoms with Crippen LogP contribution >= 0.6 is 15.9 Å². The smallest absolute Gasteiger partial charge is 0.120 e. The van der Waals surface area contributed by atoms with Gasteiger partial charge in [0.25, 0.3) is 0 Å². The topological polar surface area (TPSA) is 52.7 Å². The van der Waals surface area contributed by atoms with Gasteiger partial charge in [0.2, 0.25) is 0 Å². The quantitative estimate of drug-likeness (QED) is 0.874. The number of hydrogen-bond donors (Lipinski definition) is 2. The second-order valence-electron chi connectivity index (χ2n) is 6.32. The van der Waals surface area contributed by atoms with Crippen LogP contribution in [-0.2, 0) is 6.54 Å². The van der Waals surface area contributed by atoms with Crippen LogP contribution in [0.2, 0.25) is 0 Å². The molecule has 2 heterocycles. The van der Waals surface area contributed by atoms with E-state index in [1.165, 1.54) is 6.42 Å². The van der Waals surface area contributed by atoms with E-state index in [4.69, 9.17) is 5.73 Å². The van der Waals surface area contributed by atoms with Crippen molar-refractivity contribution in [3.05, 3.63) is 28.2 Å². The molecule has 2 fully saturated rings. The first-order valence-corrected chi connectivity index (χ1v) is 8.60. The second kappa shape index (κ2) is 6.65. The average Bonchev–Trinajstić information content (AvgIpc) is 2.92. The largest absolute Gasteiger partial charge is 0.508 e. The predicted octanol–water partition coefficient (Wildman–Crippen LogP) is 2.15. The van der Waals surface area contributed by atoms with E-state index in [0.29, 0.717) is 17.8 Å². The van der Waals surface area contributed by atoms with E-state index in [-0.39, 0.29) is 0 Å². The van der Waals surface area contributed by atoms with Crippen molar-refractivity contribution in [2.24, 2.45) is 5.73 Å². The van der Waals surface area contributed by atoms with Gasteiger partial charge in [0.1, 0.15) is 5.75 Å². The number of nitrogens with zero attached hydrogens (tertiary/aromatic N) is 2. The van der Waals surface area contributed by atoms with Gasteiger partial charge >= 0.3 is 0 Å². The lowest BCUT2D eigenvalue weighted by Gasteiger charge is -2.34. The monoisotopic (exact) mass is 353 g/mol. The first kappa shape index (κ1) is 15.3. The highest BCUT2D eigenvalue weighted by Crippen LogP contribution is 2.26. The average molecular weight is 354 g/mol. The van der Waals surface area contributed by atoms with Gasteiger partial charge in [0, 0.05) is 41.8 Å². The molecule has 0 aromatic heterocycles. The van der Waals surface area contributed by atoms with Crippen molar-refractivity contribution in [1.29, 1.82) is 0 Å². The molecule has 0 spiro atoms. The molecule has 116 valence electrons. The molecule has 1 unspecified atom stereocenters. The van der Waals surface area contributed by atoms with Crippen LogP contribution in [0.4, 0.5) is 0 Å². The van der Waals surface area contributed by atoms with Crippen LogP contribution in [0.5, 0.6) is 5.75 Å². The molecule has 21 heavy (non-hydrogen) atoms. The number of hydrogen-bond acceptors (Lipinski definition) is 4. The number of nitrogens with two attached hydrogens (primary N) is 1. The van der Waals surface area contributed by atoms with Crippen LogP contribution in [0.3, 0.4) is 0 Å². The SMILES string of the molecule is NC1CCN(C2CCN(Cc3cc(Br)ccc3O)C2)CC1. The van der Waals surface area contributed by atoms with Gasteiger partial charge in [-0.05, 0) is 50.6 Å². The second-order valence-corrected chi connectivity index (χ2v) is 7.24. The first-order valence-electron chi connectivity index (χ1n) is 7.81. The molecule has 2 aliphatic heterocycles.